The average Bonchev–Trinajstić information content (AvgIpc) is 2.98. The standard InChI is InChI=1S/C19H24F3N3O4/c1-28-6-5-23-18(27)14-8-17(26)25(10-14)15-11-24(12-15)9-13-3-2-4-16(7-13)29-19(20,21)22/h2-4,7,14-15H,5-6,8-12H2,1H3,(H,23,27). The molecule has 2 aliphatic rings. The van der Waals surface area contributed by atoms with Crippen LogP contribution < -0.4 is 10.1 Å². The number of benzene rings is 1. The molecule has 0 aromatic heterocycles. The highest BCUT2D eigenvalue weighted by molar-refractivity contribution is 5.89. The molecule has 0 aliphatic carbocycles. The van der Waals surface area contributed by atoms with Crippen LogP contribution in [-0.2, 0) is 20.9 Å². The molecule has 2 heterocycles. The van der Waals surface area contributed by atoms with Crippen LogP contribution in [0.5, 0.6) is 5.75 Å². The first kappa shape index (κ1) is 21.4. The zero-order chi connectivity index (χ0) is 21.0. The largest absolute Gasteiger partial charge is 0.573 e. The Bertz CT molecular complexity index is 738. The van der Waals surface area contributed by atoms with Crippen molar-refractivity contribution in [2.24, 2.45) is 5.92 Å². The van der Waals surface area contributed by atoms with E-state index in [1.165, 1.54) is 18.2 Å². The molecule has 2 aliphatic heterocycles. The van der Waals surface area contributed by atoms with E-state index in [0.717, 1.165) is 0 Å². The quantitative estimate of drug-likeness (QED) is 0.650. The Hall–Kier alpha value is -2.33. The van der Waals surface area contributed by atoms with Crippen molar-refractivity contribution in [3.05, 3.63) is 29.8 Å². The van der Waals surface area contributed by atoms with Gasteiger partial charge in [-0.3, -0.25) is 14.5 Å². The molecule has 2 saturated heterocycles. The average molecular weight is 415 g/mol. The van der Waals surface area contributed by atoms with Crippen molar-refractivity contribution in [1.82, 2.24) is 15.1 Å². The zero-order valence-electron chi connectivity index (χ0n) is 16.1. The molecule has 29 heavy (non-hydrogen) atoms. The van der Waals surface area contributed by atoms with Crippen molar-refractivity contribution in [3.63, 3.8) is 0 Å². The van der Waals surface area contributed by atoms with E-state index >= 15 is 0 Å². The van der Waals surface area contributed by atoms with Gasteiger partial charge in [-0.2, -0.15) is 0 Å². The van der Waals surface area contributed by atoms with Gasteiger partial charge < -0.3 is 19.7 Å². The molecule has 3 rings (SSSR count). The lowest BCUT2D eigenvalue weighted by Crippen LogP contribution is -2.59. The number of likely N-dealkylation sites (tertiary alicyclic amines) is 2. The van der Waals surface area contributed by atoms with Crippen molar-refractivity contribution >= 4 is 11.8 Å². The van der Waals surface area contributed by atoms with Crippen molar-refractivity contribution in [1.29, 1.82) is 0 Å². The summed E-state index contributed by atoms with van der Waals surface area (Å²) in [5.74, 6) is -0.786. The van der Waals surface area contributed by atoms with Gasteiger partial charge in [-0.25, -0.2) is 0 Å². The number of methoxy groups -OCH3 is 1. The van der Waals surface area contributed by atoms with E-state index in [9.17, 15) is 22.8 Å². The topological polar surface area (TPSA) is 71.1 Å². The van der Waals surface area contributed by atoms with Crippen molar-refractivity contribution < 1.29 is 32.2 Å². The van der Waals surface area contributed by atoms with Gasteiger partial charge in [-0.05, 0) is 17.7 Å². The Morgan fingerprint density at radius 1 is 1.28 bits per heavy atom. The fraction of sp³-hybridized carbons (Fsp3) is 0.579. The van der Waals surface area contributed by atoms with E-state index in [-0.39, 0.29) is 35.9 Å². The van der Waals surface area contributed by atoms with Gasteiger partial charge in [0.2, 0.25) is 11.8 Å². The maximum absolute atomic E-state index is 12.3. The monoisotopic (exact) mass is 415 g/mol. The molecule has 1 N–H and O–H groups in total. The molecular formula is C19H24F3N3O4. The number of amides is 2. The summed E-state index contributed by atoms with van der Waals surface area (Å²) >= 11 is 0. The maximum Gasteiger partial charge on any atom is 0.573 e. The highest BCUT2D eigenvalue weighted by Gasteiger charge is 2.42. The summed E-state index contributed by atoms with van der Waals surface area (Å²) in [6.45, 7) is 2.93. The van der Waals surface area contributed by atoms with Crippen molar-refractivity contribution in [2.45, 2.75) is 25.4 Å². The molecule has 1 atom stereocenters. The Morgan fingerprint density at radius 2 is 2.03 bits per heavy atom. The minimum absolute atomic E-state index is 0.0221. The molecule has 0 bridgehead atoms. The Balaban J connectivity index is 1.46. The van der Waals surface area contributed by atoms with E-state index in [1.807, 2.05) is 4.90 Å². The fourth-order valence-electron chi connectivity index (χ4n) is 3.65. The maximum atomic E-state index is 12.3. The summed E-state index contributed by atoms with van der Waals surface area (Å²) in [6.07, 6.45) is -4.52. The normalized spacial score (nSPS) is 20.6. The lowest BCUT2D eigenvalue weighted by Gasteiger charge is -2.44. The predicted molar refractivity (Wildman–Crippen MR) is 96.9 cm³/mol. The molecule has 0 spiro atoms. The second-order valence-corrected chi connectivity index (χ2v) is 7.27. The minimum atomic E-state index is -4.72. The van der Waals surface area contributed by atoms with Crippen LogP contribution in [0.15, 0.2) is 24.3 Å². The Morgan fingerprint density at radius 3 is 2.72 bits per heavy atom. The fourth-order valence-corrected chi connectivity index (χ4v) is 3.65. The third-order valence-corrected chi connectivity index (χ3v) is 5.05. The van der Waals surface area contributed by atoms with Gasteiger partial charge in [0.05, 0.1) is 18.6 Å². The summed E-state index contributed by atoms with van der Waals surface area (Å²) < 4.78 is 45.9. The van der Waals surface area contributed by atoms with Crippen LogP contribution in [0.25, 0.3) is 0 Å². The van der Waals surface area contributed by atoms with Gasteiger partial charge in [0.25, 0.3) is 0 Å². The second kappa shape index (κ2) is 9.00. The molecule has 1 unspecified atom stereocenters. The van der Waals surface area contributed by atoms with E-state index < -0.39 is 6.36 Å². The third kappa shape index (κ3) is 5.83. The predicted octanol–water partition coefficient (Wildman–Crippen LogP) is 1.38. The number of nitrogens with one attached hydrogen (secondary N) is 1. The van der Waals surface area contributed by atoms with Crippen LogP contribution in [0.4, 0.5) is 13.2 Å². The SMILES string of the molecule is COCCNC(=O)C1CC(=O)N(C2CN(Cc3cccc(OC(F)(F)F)c3)C2)C1. The number of hydrogen-bond donors (Lipinski definition) is 1. The van der Waals surface area contributed by atoms with Crippen LogP contribution in [-0.4, -0.2) is 73.9 Å². The molecule has 2 amide bonds. The molecule has 10 heteroatoms. The smallest absolute Gasteiger partial charge is 0.406 e. The lowest BCUT2D eigenvalue weighted by atomic mass is 10.1. The number of carbonyl (C=O) groups is 2. The van der Waals surface area contributed by atoms with Gasteiger partial charge in [0.15, 0.2) is 0 Å². The van der Waals surface area contributed by atoms with Gasteiger partial charge in [-0.15, -0.1) is 13.2 Å². The van der Waals surface area contributed by atoms with E-state index in [0.29, 0.717) is 44.9 Å². The van der Waals surface area contributed by atoms with Crippen LogP contribution in [0, 0.1) is 5.92 Å². The molecule has 1 aromatic rings. The van der Waals surface area contributed by atoms with E-state index in [4.69, 9.17) is 4.74 Å². The second-order valence-electron chi connectivity index (χ2n) is 7.27. The molecule has 7 nitrogen and oxygen atoms in total. The van der Waals surface area contributed by atoms with Gasteiger partial charge >= 0.3 is 6.36 Å². The van der Waals surface area contributed by atoms with Gasteiger partial charge in [0, 0.05) is 46.3 Å². The summed E-state index contributed by atoms with van der Waals surface area (Å²) in [6, 6.07) is 5.90. The lowest BCUT2D eigenvalue weighted by molar-refractivity contribution is -0.274. The highest BCUT2D eigenvalue weighted by Crippen LogP contribution is 2.28. The molecule has 2 fully saturated rings. The number of alkyl halides is 3. The molecule has 1 aromatic carbocycles. The first-order valence-electron chi connectivity index (χ1n) is 9.38. The van der Waals surface area contributed by atoms with Crippen molar-refractivity contribution in [3.8, 4) is 5.75 Å². The number of nitrogens with zero attached hydrogens (tertiary/aromatic N) is 2. The molecule has 0 radical (unpaired) electrons. The minimum Gasteiger partial charge on any atom is -0.406 e. The highest BCUT2D eigenvalue weighted by atomic mass is 19.4. The summed E-state index contributed by atoms with van der Waals surface area (Å²) in [5.41, 5.74) is 0.702. The first-order chi connectivity index (χ1) is 13.7. The molecular weight excluding hydrogens is 391 g/mol. The number of hydrogen-bond acceptors (Lipinski definition) is 5. The third-order valence-electron chi connectivity index (χ3n) is 5.05. The van der Waals surface area contributed by atoms with Gasteiger partial charge in [-0.1, -0.05) is 12.1 Å². The summed E-state index contributed by atoms with van der Waals surface area (Å²) in [4.78, 5) is 28.2. The Labute approximate surface area is 166 Å². The van der Waals surface area contributed by atoms with Crippen LogP contribution in [0.3, 0.4) is 0 Å². The Kier molecular flexibility index (Phi) is 6.63. The number of carbonyl (C=O) groups excluding carboxylic acids is 2. The first-order valence-corrected chi connectivity index (χ1v) is 9.38. The summed E-state index contributed by atoms with van der Waals surface area (Å²) in [5, 5.41) is 2.76. The van der Waals surface area contributed by atoms with Crippen molar-refractivity contribution in [2.75, 3.05) is 39.9 Å². The van der Waals surface area contributed by atoms with Crippen LogP contribution in [0.1, 0.15) is 12.0 Å². The zero-order valence-corrected chi connectivity index (χ0v) is 16.1. The van der Waals surface area contributed by atoms with E-state index in [2.05, 4.69) is 10.1 Å². The van der Waals surface area contributed by atoms with Crippen LogP contribution in [0.2, 0.25) is 0 Å². The molecule has 160 valence electrons. The number of rotatable bonds is 8. The van der Waals surface area contributed by atoms with Gasteiger partial charge in [0.1, 0.15) is 5.75 Å². The summed E-state index contributed by atoms with van der Waals surface area (Å²) in [7, 11) is 1.55. The van der Waals surface area contributed by atoms with Crippen LogP contribution >= 0.6 is 0 Å². The van der Waals surface area contributed by atoms with E-state index in [1.54, 1.807) is 18.1 Å². The molecule has 0 saturated carbocycles. The number of ether oxygens (including phenoxy) is 2. The number of halogens is 3.